The minimum absolute atomic E-state index is 0.00500. The van der Waals surface area contributed by atoms with Crippen LogP contribution in [0.15, 0.2) is 18.2 Å². The Morgan fingerprint density at radius 1 is 1.00 bits per heavy atom. The van der Waals surface area contributed by atoms with Crippen LogP contribution in [0.25, 0.3) is 0 Å². The number of nitrogens with zero attached hydrogens (tertiary/aromatic N) is 2. The Labute approximate surface area is 184 Å². The highest BCUT2D eigenvalue weighted by Gasteiger charge is 2.49. The normalized spacial score (nSPS) is 25.7. The maximum atomic E-state index is 13.4. The predicted molar refractivity (Wildman–Crippen MR) is 111 cm³/mol. The Balaban J connectivity index is 1.46. The van der Waals surface area contributed by atoms with Crippen LogP contribution >= 0.6 is 0 Å². The van der Waals surface area contributed by atoms with Crippen molar-refractivity contribution in [3.8, 4) is 0 Å². The van der Waals surface area contributed by atoms with Gasteiger partial charge in [0.1, 0.15) is 11.6 Å². The third-order valence-electron chi connectivity index (χ3n) is 7.04. The third kappa shape index (κ3) is 3.13. The fourth-order valence-electron chi connectivity index (χ4n) is 5.36. The molecule has 32 heavy (non-hydrogen) atoms. The van der Waals surface area contributed by atoms with E-state index < -0.39 is 35.2 Å². The number of piperidine rings is 2. The Hall–Kier alpha value is -3.11. The monoisotopic (exact) mass is 439 g/mol. The van der Waals surface area contributed by atoms with E-state index in [1.807, 2.05) is 0 Å². The minimum atomic E-state index is -0.996. The number of piperazine rings is 1. The molecule has 1 spiro atoms. The van der Waals surface area contributed by atoms with E-state index in [1.165, 1.54) is 0 Å². The molecular formula is C22H25N5O5. The topological polar surface area (TPSA) is 128 Å². The van der Waals surface area contributed by atoms with Gasteiger partial charge >= 0.3 is 0 Å². The summed E-state index contributed by atoms with van der Waals surface area (Å²) in [4.78, 5) is 66.2. The van der Waals surface area contributed by atoms with Crippen molar-refractivity contribution in [3.05, 3.63) is 34.9 Å². The Kier molecular flexibility index (Phi) is 5.06. The van der Waals surface area contributed by atoms with E-state index >= 15 is 0 Å². The number of hydrogen-bond acceptors (Lipinski definition) is 7. The summed E-state index contributed by atoms with van der Waals surface area (Å²) in [5.41, 5.74) is 0.583. The number of amides is 5. The molecule has 1 aromatic carbocycles. The van der Waals surface area contributed by atoms with Crippen molar-refractivity contribution in [2.24, 2.45) is 0 Å². The molecule has 0 radical (unpaired) electrons. The molecule has 0 aliphatic carbocycles. The number of carbonyl (C=O) groups is 5. The molecule has 5 rings (SSSR count). The average molecular weight is 439 g/mol. The molecule has 3 saturated heterocycles. The van der Waals surface area contributed by atoms with Crippen molar-refractivity contribution < 1.29 is 24.0 Å². The molecule has 1 unspecified atom stereocenters. The third-order valence-corrected chi connectivity index (χ3v) is 7.04. The van der Waals surface area contributed by atoms with Gasteiger partial charge in [0.25, 0.3) is 11.8 Å². The first-order valence-corrected chi connectivity index (χ1v) is 11.0. The fourth-order valence-corrected chi connectivity index (χ4v) is 5.36. The molecule has 4 aliphatic rings. The van der Waals surface area contributed by atoms with Gasteiger partial charge in [0.15, 0.2) is 0 Å². The lowest BCUT2D eigenvalue weighted by molar-refractivity contribution is -0.140. The SMILES string of the molecule is O=C1CCC(N2C(=O)c3cccc(CN4CCNC(=O)C45CCNCC5)c3C2=O)C(=O)N1. The molecule has 1 atom stereocenters. The molecule has 10 heteroatoms. The average Bonchev–Trinajstić information content (AvgIpc) is 3.04. The van der Waals surface area contributed by atoms with Crippen LogP contribution in [0.3, 0.4) is 0 Å². The first kappa shape index (κ1) is 20.8. The molecule has 0 bridgehead atoms. The number of imide groups is 2. The molecule has 10 nitrogen and oxygen atoms in total. The van der Waals surface area contributed by atoms with E-state index in [-0.39, 0.29) is 29.9 Å². The van der Waals surface area contributed by atoms with E-state index in [1.54, 1.807) is 18.2 Å². The summed E-state index contributed by atoms with van der Waals surface area (Å²) in [5, 5.41) is 8.48. The zero-order valence-electron chi connectivity index (χ0n) is 17.6. The second kappa shape index (κ2) is 7.79. The van der Waals surface area contributed by atoms with Crippen LogP contribution in [0.2, 0.25) is 0 Å². The molecule has 4 heterocycles. The lowest BCUT2D eigenvalue weighted by atomic mass is 9.83. The number of hydrogen-bond donors (Lipinski definition) is 3. The van der Waals surface area contributed by atoms with E-state index in [0.717, 1.165) is 18.0 Å². The molecular weight excluding hydrogens is 414 g/mol. The Morgan fingerprint density at radius 3 is 2.53 bits per heavy atom. The quantitative estimate of drug-likeness (QED) is 0.523. The number of rotatable bonds is 3. The van der Waals surface area contributed by atoms with Crippen molar-refractivity contribution >= 4 is 29.5 Å². The van der Waals surface area contributed by atoms with Gasteiger partial charge in [0.05, 0.1) is 11.1 Å². The van der Waals surface area contributed by atoms with Crippen LogP contribution in [0.4, 0.5) is 0 Å². The van der Waals surface area contributed by atoms with Crippen molar-refractivity contribution in [1.82, 2.24) is 25.8 Å². The highest BCUT2D eigenvalue weighted by atomic mass is 16.2. The second-order valence-electron chi connectivity index (χ2n) is 8.75. The number of fused-ring (bicyclic) bond motifs is 1. The lowest BCUT2D eigenvalue weighted by Gasteiger charge is -2.48. The summed E-state index contributed by atoms with van der Waals surface area (Å²) < 4.78 is 0. The molecule has 3 fully saturated rings. The Morgan fingerprint density at radius 2 is 1.78 bits per heavy atom. The van der Waals surface area contributed by atoms with Gasteiger partial charge in [-0.2, -0.15) is 0 Å². The molecule has 0 aromatic heterocycles. The Bertz CT molecular complexity index is 1030. The zero-order chi connectivity index (χ0) is 22.5. The van der Waals surface area contributed by atoms with Crippen molar-refractivity contribution in [2.45, 2.75) is 43.8 Å². The van der Waals surface area contributed by atoms with Gasteiger partial charge in [0.2, 0.25) is 17.7 Å². The van der Waals surface area contributed by atoms with Crippen LogP contribution < -0.4 is 16.0 Å². The van der Waals surface area contributed by atoms with Gasteiger partial charge in [-0.05, 0) is 44.0 Å². The number of nitrogens with one attached hydrogen (secondary N) is 3. The van der Waals surface area contributed by atoms with Gasteiger partial charge in [0, 0.05) is 26.1 Å². The van der Waals surface area contributed by atoms with E-state index in [0.29, 0.717) is 38.0 Å². The molecule has 1 aromatic rings. The smallest absolute Gasteiger partial charge is 0.262 e. The maximum absolute atomic E-state index is 13.4. The molecule has 5 amide bonds. The lowest BCUT2D eigenvalue weighted by Crippen LogP contribution is -2.67. The van der Waals surface area contributed by atoms with Gasteiger partial charge in [-0.25, -0.2) is 0 Å². The summed E-state index contributed by atoms with van der Waals surface area (Å²) in [5.74, 6) is -2.06. The summed E-state index contributed by atoms with van der Waals surface area (Å²) in [6.07, 6.45) is 1.54. The number of benzene rings is 1. The van der Waals surface area contributed by atoms with Crippen LogP contribution in [-0.2, 0) is 20.9 Å². The van der Waals surface area contributed by atoms with Gasteiger partial charge in [-0.1, -0.05) is 12.1 Å². The predicted octanol–water partition coefficient (Wildman–Crippen LogP) is -0.858. The fraction of sp³-hybridized carbons (Fsp3) is 0.500. The molecule has 4 aliphatic heterocycles. The van der Waals surface area contributed by atoms with E-state index in [9.17, 15) is 24.0 Å². The summed E-state index contributed by atoms with van der Waals surface area (Å²) >= 11 is 0. The second-order valence-corrected chi connectivity index (χ2v) is 8.75. The summed E-state index contributed by atoms with van der Waals surface area (Å²) in [6.45, 7) is 3.00. The largest absolute Gasteiger partial charge is 0.353 e. The van der Waals surface area contributed by atoms with Crippen LogP contribution in [0.5, 0.6) is 0 Å². The molecule has 0 saturated carbocycles. The zero-order valence-corrected chi connectivity index (χ0v) is 17.6. The summed E-state index contributed by atoms with van der Waals surface area (Å²) in [6, 6.07) is 4.13. The van der Waals surface area contributed by atoms with Crippen molar-refractivity contribution in [1.29, 1.82) is 0 Å². The minimum Gasteiger partial charge on any atom is -0.353 e. The molecule has 3 N–H and O–H groups in total. The first-order chi connectivity index (χ1) is 15.4. The van der Waals surface area contributed by atoms with E-state index in [4.69, 9.17) is 0 Å². The molecule has 168 valence electrons. The van der Waals surface area contributed by atoms with Gasteiger partial charge in [-0.3, -0.25) is 39.1 Å². The first-order valence-electron chi connectivity index (χ1n) is 11.0. The number of carbonyl (C=O) groups excluding carboxylic acids is 5. The van der Waals surface area contributed by atoms with Crippen molar-refractivity contribution in [2.75, 3.05) is 26.2 Å². The van der Waals surface area contributed by atoms with Crippen molar-refractivity contribution in [3.63, 3.8) is 0 Å². The van der Waals surface area contributed by atoms with E-state index in [2.05, 4.69) is 20.9 Å². The highest BCUT2D eigenvalue weighted by Crippen LogP contribution is 2.34. The summed E-state index contributed by atoms with van der Waals surface area (Å²) in [7, 11) is 0. The standard InChI is InChI=1S/C22H25N5O5/c28-16-5-4-15(18(29)25-16)27-19(30)14-3-1-2-13(17(14)20(27)31)12-26-11-10-24-21(32)22(26)6-8-23-9-7-22/h1-3,15,23H,4-12H2,(H,24,32)(H,25,28,29). The van der Waals surface area contributed by atoms with Gasteiger partial charge in [-0.15, -0.1) is 0 Å². The van der Waals surface area contributed by atoms with Crippen LogP contribution in [-0.4, -0.2) is 77.1 Å². The highest BCUT2D eigenvalue weighted by molar-refractivity contribution is 6.24. The van der Waals surface area contributed by atoms with Crippen LogP contribution in [0, 0.1) is 0 Å². The van der Waals surface area contributed by atoms with Gasteiger partial charge < -0.3 is 10.6 Å². The maximum Gasteiger partial charge on any atom is 0.262 e. The van der Waals surface area contributed by atoms with Crippen LogP contribution in [0.1, 0.15) is 52.0 Å².